The molecule has 0 amide bonds. The highest BCUT2D eigenvalue weighted by Gasteiger charge is 2.22. The molecule has 0 radical (unpaired) electrons. The van der Waals surface area contributed by atoms with E-state index in [0.717, 1.165) is 32.1 Å². The van der Waals surface area contributed by atoms with Gasteiger partial charge < -0.3 is 9.52 Å². The summed E-state index contributed by atoms with van der Waals surface area (Å²) in [6.07, 6.45) is 6.04. The summed E-state index contributed by atoms with van der Waals surface area (Å²) in [6, 6.07) is 13.1. The summed E-state index contributed by atoms with van der Waals surface area (Å²) in [7, 11) is 0. The monoisotopic (exact) mass is 449 g/mol. The first-order valence-electron chi connectivity index (χ1n) is 9.44. The molecule has 0 aliphatic carbocycles. The molecule has 5 aromatic rings. The molecule has 4 heterocycles. The van der Waals surface area contributed by atoms with Crippen molar-refractivity contribution in [3.63, 3.8) is 0 Å². The van der Waals surface area contributed by atoms with Crippen LogP contribution in [-0.4, -0.2) is 30.3 Å². The van der Waals surface area contributed by atoms with Gasteiger partial charge in [-0.15, -0.1) is 11.3 Å². The number of aromatic amines is 1. The van der Waals surface area contributed by atoms with Crippen LogP contribution in [0, 0.1) is 0 Å². The summed E-state index contributed by atoms with van der Waals surface area (Å²) >= 11 is 7.53. The molecule has 0 bridgehead atoms. The quantitative estimate of drug-likeness (QED) is 0.382. The predicted molar refractivity (Wildman–Crippen MR) is 118 cm³/mol. The zero-order chi connectivity index (χ0) is 21.2. The average molecular weight is 450 g/mol. The Morgan fingerprint density at radius 2 is 1.94 bits per heavy atom. The van der Waals surface area contributed by atoms with Crippen molar-refractivity contribution in [1.82, 2.24) is 25.1 Å². The second-order valence-corrected chi connectivity index (χ2v) is 8.31. The third-order valence-electron chi connectivity index (χ3n) is 4.79. The van der Waals surface area contributed by atoms with Crippen LogP contribution in [0.25, 0.3) is 21.1 Å². The standard InChI is InChI=1S/C22H16ClN5O2S/c23-15-3-1-13(2-4-15)20(29)17-11-18(31-21(17)22-26-12-27-28-22)14-5-6-24-16(9-14)10-19-25-7-8-30-19/h1-9,11-12,20,29H,10H2,(H,26,27,28). The second kappa shape index (κ2) is 8.43. The molecule has 4 aromatic heterocycles. The van der Waals surface area contributed by atoms with E-state index >= 15 is 0 Å². The van der Waals surface area contributed by atoms with Gasteiger partial charge in [0.25, 0.3) is 0 Å². The van der Waals surface area contributed by atoms with Crippen molar-refractivity contribution in [2.75, 3.05) is 0 Å². The van der Waals surface area contributed by atoms with E-state index in [4.69, 9.17) is 16.0 Å². The first kappa shape index (κ1) is 19.6. The minimum absolute atomic E-state index is 0.501. The molecule has 1 atom stereocenters. The lowest BCUT2D eigenvalue weighted by Gasteiger charge is -2.11. The zero-order valence-electron chi connectivity index (χ0n) is 16.1. The number of H-pyrrole nitrogens is 1. The Balaban J connectivity index is 1.54. The van der Waals surface area contributed by atoms with Gasteiger partial charge >= 0.3 is 0 Å². The van der Waals surface area contributed by atoms with Crippen molar-refractivity contribution in [3.05, 3.63) is 95.2 Å². The normalized spacial score (nSPS) is 12.2. The number of rotatable bonds is 6. The number of oxazole rings is 1. The Morgan fingerprint density at radius 3 is 2.68 bits per heavy atom. The third-order valence-corrected chi connectivity index (χ3v) is 6.25. The molecule has 1 unspecified atom stereocenters. The van der Waals surface area contributed by atoms with Crippen LogP contribution in [-0.2, 0) is 6.42 Å². The SMILES string of the molecule is OC(c1ccc(Cl)cc1)c1cc(-c2ccnc(Cc3ncco3)c2)sc1-c1ncn[nH]1. The first-order valence-corrected chi connectivity index (χ1v) is 10.6. The van der Waals surface area contributed by atoms with Crippen molar-refractivity contribution < 1.29 is 9.52 Å². The van der Waals surface area contributed by atoms with E-state index in [1.54, 1.807) is 30.8 Å². The molecule has 154 valence electrons. The van der Waals surface area contributed by atoms with Gasteiger partial charge in [-0.05, 0) is 41.5 Å². The average Bonchev–Trinajstić information content (AvgIpc) is 3.55. The van der Waals surface area contributed by atoms with Gasteiger partial charge in [0, 0.05) is 21.7 Å². The van der Waals surface area contributed by atoms with E-state index in [0.29, 0.717) is 23.2 Å². The van der Waals surface area contributed by atoms with Crippen LogP contribution in [0.4, 0.5) is 0 Å². The van der Waals surface area contributed by atoms with E-state index in [9.17, 15) is 5.11 Å². The molecule has 0 aliphatic heterocycles. The molecule has 0 spiro atoms. The summed E-state index contributed by atoms with van der Waals surface area (Å²) < 4.78 is 5.33. The zero-order valence-corrected chi connectivity index (χ0v) is 17.6. The van der Waals surface area contributed by atoms with Crippen molar-refractivity contribution in [2.45, 2.75) is 12.5 Å². The maximum Gasteiger partial charge on any atom is 0.199 e. The number of halogens is 1. The van der Waals surface area contributed by atoms with Gasteiger partial charge in [-0.25, -0.2) is 9.97 Å². The first-order chi connectivity index (χ1) is 15.2. The lowest BCUT2D eigenvalue weighted by atomic mass is 10.0. The Hall–Kier alpha value is -3.33. The summed E-state index contributed by atoms with van der Waals surface area (Å²) in [5.41, 5.74) is 3.31. The number of hydrogen-bond donors (Lipinski definition) is 2. The minimum Gasteiger partial charge on any atom is -0.449 e. The van der Waals surface area contributed by atoms with Crippen molar-refractivity contribution in [1.29, 1.82) is 0 Å². The van der Waals surface area contributed by atoms with E-state index < -0.39 is 6.10 Å². The summed E-state index contributed by atoms with van der Waals surface area (Å²) in [5.74, 6) is 1.21. The van der Waals surface area contributed by atoms with Crippen LogP contribution in [0.1, 0.15) is 28.8 Å². The molecule has 2 N–H and O–H groups in total. The number of benzene rings is 1. The molecular formula is C22H16ClN5O2S. The Bertz CT molecular complexity index is 1280. The van der Waals surface area contributed by atoms with Crippen molar-refractivity contribution in [2.24, 2.45) is 0 Å². The van der Waals surface area contributed by atoms with Crippen LogP contribution in [0.15, 0.2) is 71.9 Å². The Kier molecular flexibility index (Phi) is 5.33. The maximum absolute atomic E-state index is 11.1. The van der Waals surface area contributed by atoms with E-state index in [1.165, 1.54) is 17.7 Å². The lowest BCUT2D eigenvalue weighted by Crippen LogP contribution is -2.00. The lowest BCUT2D eigenvalue weighted by molar-refractivity contribution is 0.221. The molecule has 7 nitrogen and oxygen atoms in total. The summed E-state index contributed by atoms with van der Waals surface area (Å²) in [5, 5.41) is 18.6. The van der Waals surface area contributed by atoms with E-state index in [1.807, 2.05) is 30.3 Å². The number of pyridine rings is 1. The maximum atomic E-state index is 11.1. The fourth-order valence-electron chi connectivity index (χ4n) is 3.30. The molecule has 0 aliphatic rings. The topological polar surface area (TPSA) is 101 Å². The van der Waals surface area contributed by atoms with Gasteiger partial charge in [0.1, 0.15) is 18.7 Å². The molecule has 31 heavy (non-hydrogen) atoms. The van der Waals surface area contributed by atoms with Crippen LogP contribution in [0.2, 0.25) is 5.02 Å². The fourth-order valence-corrected chi connectivity index (χ4v) is 4.56. The Morgan fingerprint density at radius 1 is 1.06 bits per heavy atom. The van der Waals surface area contributed by atoms with Crippen LogP contribution < -0.4 is 0 Å². The van der Waals surface area contributed by atoms with Crippen molar-refractivity contribution in [3.8, 4) is 21.1 Å². The van der Waals surface area contributed by atoms with Crippen LogP contribution in [0.3, 0.4) is 0 Å². The fraction of sp³-hybridized carbons (Fsp3) is 0.0909. The molecule has 1 aromatic carbocycles. The van der Waals surface area contributed by atoms with Crippen molar-refractivity contribution >= 4 is 22.9 Å². The van der Waals surface area contributed by atoms with Gasteiger partial charge in [-0.2, -0.15) is 5.10 Å². The van der Waals surface area contributed by atoms with Crippen LogP contribution >= 0.6 is 22.9 Å². The smallest absolute Gasteiger partial charge is 0.199 e. The second-order valence-electron chi connectivity index (χ2n) is 6.82. The number of hydrogen-bond acceptors (Lipinski definition) is 7. The molecule has 9 heteroatoms. The number of thiophene rings is 1. The number of aliphatic hydroxyl groups excluding tert-OH is 1. The van der Waals surface area contributed by atoms with Crippen LogP contribution in [0.5, 0.6) is 0 Å². The van der Waals surface area contributed by atoms with E-state index in [2.05, 4.69) is 25.1 Å². The van der Waals surface area contributed by atoms with Gasteiger partial charge in [-0.1, -0.05) is 23.7 Å². The Labute approximate surface area is 186 Å². The molecule has 5 rings (SSSR count). The molecule has 0 fully saturated rings. The number of nitrogens with one attached hydrogen (secondary N) is 1. The highest BCUT2D eigenvalue weighted by molar-refractivity contribution is 7.19. The van der Waals surface area contributed by atoms with Gasteiger partial charge in [0.2, 0.25) is 0 Å². The summed E-state index contributed by atoms with van der Waals surface area (Å²) in [4.78, 5) is 14.7. The molecular weight excluding hydrogens is 434 g/mol. The van der Waals surface area contributed by atoms with Gasteiger partial charge in [-0.3, -0.25) is 10.1 Å². The number of nitrogens with zero attached hydrogens (tertiary/aromatic N) is 4. The highest BCUT2D eigenvalue weighted by Crippen LogP contribution is 2.41. The summed E-state index contributed by atoms with van der Waals surface area (Å²) in [6.45, 7) is 0. The number of aliphatic hydroxyl groups is 1. The largest absolute Gasteiger partial charge is 0.449 e. The minimum atomic E-state index is -0.837. The highest BCUT2D eigenvalue weighted by atomic mass is 35.5. The molecule has 0 saturated heterocycles. The van der Waals surface area contributed by atoms with Gasteiger partial charge in [0.05, 0.1) is 23.2 Å². The molecule has 0 saturated carbocycles. The van der Waals surface area contributed by atoms with Gasteiger partial charge in [0.15, 0.2) is 11.7 Å². The predicted octanol–water partition coefficient (Wildman–Crippen LogP) is 4.91. The third kappa shape index (κ3) is 4.13. The number of aromatic nitrogens is 5. The van der Waals surface area contributed by atoms with E-state index in [-0.39, 0.29) is 0 Å².